The number of benzene rings is 3. The summed E-state index contributed by atoms with van der Waals surface area (Å²) in [4.78, 5) is 12.4. The highest BCUT2D eigenvalue weighted by molar-refractivity contribution is 5.95. The van der Waals surface area contributed by atoms with Crippen molar-refractivity contribution >= 4 is 10.8 Å². The lowest BCUT2D eigenvalue weighted by atomic mass is 10.0. The van der Waals surface area contributed by atoms with Crippen LogP contribution >= 0.6 is 0 Å². The van der Waals surface area contributed by atoms with Crippen molar-refractivity contribution < 1.29 is 0 Å². The molecule has 3 heteroatoms. The lowest BCUT2D eigenvalue weighted by Gasteiger charge is -2.11. The first-order chi connectivity index (χ1) is 12.6. The van der Waals surface area contributed by atoms with E-state index in [1.165, 1.54) is 16.5 Å². The molecule has 26 heavy (non-hydrogen) atoms. The van der Waals surface area contributed by atoms with E-state index < -0.39 is 0 Å². The minimum Gasteiger partial charge on any atom is -0.268 e. The molecule has 3 aromatic carbocycles. The lowest BCUT2D eigenvalue weighted by molar-refractivity contribution is 0.640. The molecule has 0 spiro atoms. The van der Waals surface area contributed by atoms with E-state index in [-0.39, 0.29) is 5.56 Å². The van der Waals surface area contributed by atoms with Crippen LogP contribution < -0.4 is 5.56 Å². The van der Waals surface area contributed by atoms with Gasteiger partial charge >= 0.3 is 0 Å². The van der Waals surface area contributed by atoms with Crippen LogP contribution in [0, 0.1) is 13.8 Å². The van der Waals surface area contributed by atoms with Crippen LogP contribution in [-0.4, -0.2) is 9.78 Å². The Morgan fingerprint density at radius 2 is 1.69 bits per heavy atom. The van der Waals surface area contributed by atoms with Gasteiger partial charge in [-0.2, -0.15) is 5.10 Å². The van der Waals surface area contributed by atoms with Crippen molar-refractivity contribution in [3.05, 3.63) is 99.8 Å². The summed E-state index contributed by atoms with van der Waals surface area (Å²) in [6.45, 7) is 4.60. The molecular weight excluding hydrogens is 320 g/mol. The minimum absolute atomic E-state index is 0.0881. The fourth-order valence-electron chi connectivity index (χ4n) is 3.29. The standard InChI is InChI=1S/C23H20N2O/c1-16-10-11-17(2)19(14-16)15-25-23(26)13-12-22(24-25)21-9-5-7-18-6-3-4-8-20(18)21/h3-14H,15H2,1-2H3. The van der Waals surface area contributed by atoms with Gasteiger partial charge in [0.15, 0.2) is 0 Å². The minimum atomic E-state index is -0.0881. The van der Waals surface area contributed by atoms with Crippen molar-refractivity contribution in [2.45, 2.75) is 20.4 Å². The van der Waals surface area contributed by atoms with E-state index in [2.05, 4.69) is 61.4 Å². The molecule has 0 atom stereocenters. The van der Waals surface area contributed by atoms with Crippen molar-refractivity contribution in [2.75, 3.05) is 0 Å². The predicted molar refractivity (Wildman–Crippen MR) is 106 cm³/mol. The average molecular weight is 340 g/mol. The van der Waals surface area contributed by atoms with Crippen LogP contribution in [0.2, 0.25) is 0 Å². The Bertz CT molecular complexity index is 1150. The molecule has 4 aromatic rings. The molecule has 0 aliphatic carbocycles. The van der Waals surface area contributed by atoms with Crippen LogP contribution in [0.5, 0.6) is 0 Å². The topological polar surface area (TPSA) is 34.9 Å². The predicted octanol–water partition coefficient (Wildman–Crippen LogP) is 4.73. The Hall–Kier alpha value is -3.20. The molecule has 0 saturated heterocycles. The summed E-state index contributed by atoms with van der Waals surface area (Å²) in [6.07, 6.45) is 0. The second-order valence-corrected chi connectivity index (χ2v) is 6.67. The molecule has 4 rings (SSSR count). The summed E-state index contributed by atoms with van der Waals surface area (Å²) in [5.74, 6) is 0. The van der Waals surface area contributed by atoms with Gasteiger partial charge in [-0.15, -0.1) is 0 Å². The maximum absolute atomic E-state index is 12.4. The monoisotopic (exact) mass is 340 g/mol. The lowest BCUT2D eigenvalue weighted by Crippen LogP contribution is -2.23. The second-order valence-electron chi connectivity index (χ2n) is 6.67. The van der Waals surface area contributed by atoms with E-state index >= 15 is 0 Å². The quantitative estimate of drug-likeness (QED) is 0.540. The number of fused-ring (bicyclic) bond motifs is 1. The molecule has 128 valence electrons. The molecule has 0 fully saturated rings. The molecule has 0 amide bonds. The third-order valence-corrected chi connectivity index (χ3v) is 4.76. The first-order valence-electron chi connectivity index (χ1n) is 8.74. The van der Waals surface area contributed by atoms with E-state index in [0.29, 0.717) is 6.54 Å². The molecule has 1 aromatic heterocycles. The molecule has 0 aliphatic rings. The molecule has 0 radical (unpaired) electrons. The molecule has 3 nitrogen and oxygen atoms in total. The molecule has 1 heterocycles. The summed E-state index contributed by atoms with van der Waals surface area (Å²) < 4.78 is 1.55. The van der Waals surface area contributed by atoms with Crippen molar-refractivity contribution in [3.63, 3.8) is 0 Å². The van der Waals surface area contributed by atoms with Gasteiger partial charge in [0, 0.05) is 11.6 Å². The molecule has 0 N–H and O–H groups in total. The highest BCUT2D eigenvalue weighted by Gasteiger charge is 2.08. The zero-order chi connectivity index (χ0) is 18.1. The third kappa shape index (κ3) is 3.04. The van der Waals surface area contributed by atoms with Crippen LogP contribution in [-0.2, 0) is 6.54 Å². The molecule has 0 aliphatic heterocycles. The molecule has 0 saturated carbocycles. The highest BCUT2D eigenvalue weighted by atomic mass is 16.1. The van der Waals surface area contributed by atoms with Gasteiger partial charge in [-0.05, 0) is 41.8 Å². The van der Waals surface area contributed by atoms with Crippen LogP contribution in [0.25, 0.3) is 22.0 Å². The number of hydrogen-bond donors (Lipinski definition) is 0. The summed E-state index contributed by atoms with van der Waals surface area (Å²) in [5, 5.41) is 6.97. The Morgan fingerprint density at radius 1 is 0.885 bits per heavy atom. The number of nitrogens with zero attached hydrogens (tertiary/aromatic N) is 2. The van der Waals surface area contributed by atoms with Crippen LogP contribution in [0.4, 0.5) is 0 Å². The van der Waals surface area contributed by atoms with Crippen LogP contribution in [0.15, 0.2) is 77.6 Å². The van der Waals surface area contributed by atoms with E-state index in [1.807, 2.05) is 24.3 Å². The van der Waals surface area contributed by atoms with Gasteiger partial charge in [0.2, 0.25) is 0 Å². The van der Waals surface area contributed by atoms with E-state index in [0.717, 1.165) is 22.2 Å². The SMILES string of the molecule is Cc1ccc(C)c(Cn2nc(-c3cccc4ccccc34)ccc2=O)c1. The Labute approximate surface area is 152 Å². The molecular formula is C23H20N2O. The summed E-state index contributed by atoms with van der Waals surface area (Å²) in [6, 6.07) is 24.1. The maximum atomic E-state index is 12.4. The van der Waals surface area contributed by atoms with Crippen molar-refractivity contribution in [2.24, 2.45) is 0 Å². The largest absolute Gasteiger partial charge is 0.268 e. The highest BCUT2D eigenvalue weighted by Crippen LogP contribution is 2.26. The summed E-state index contributed by atoms with van der Waals surface area (Å²) in [5.41, 5.74) is 5.23. The maximum Gasteiger partial charge on any atom is 0.267 e. The molecule has 0 unspecified atom stereocenters. The third-order valence-electron chi connectivity index (χ3n) is 4.76. The average Bonchev–Trinajstić information content (AvgIpc) is 2.66. The van der Waals surface area contributed by atoms with Crippen LogP contribution in [0.1, 0.15) is 16.7 Å². The Morgan fingerprint density at radius 3 is 2.58 bits per heavy atom. The van der Waals surface area contributed by atoms with Gasteiger partial charge in [-0.1, -0.05) is 66.2 Å². The number of rotatable bonds is 3. The first-order valence-corrected chi connectivity index (χ1v) is 8.74. The first kappa shape index (κ1) is 16.3. The van der Waals surface area contributed by atoms with Crippen molar-refractivity contribution in [1.29, 1.82) is 0 Å². The van der Waals surface area contributed by atoms with Crippen molar-refractivity contribution in [1.82, 2.24) is 9.78 Å². The zero-order valence-corrected chi connectivity index (χ0v) is 14.9. The van der Waals surface area contributed by atoms with Gasteiger partial charge in [0.25, 0.3) is 5.56 Å². The number of aryl methyl sites for hydroxylation is 2. The number of hydrogen-bond acceptors (Lipinski definition) is 2. The smallest absolute Gasteiger partial charge is 0.267 e. The van der Waals surface area contributed by atoms with Gasteiger partial charge < -0.3 is 0 Å². The van der Waals surface area contributed by atoms with Gasteiger partial charge in [-0.25, -0.2) is 4.68 Å². The Balaban J connectivity index is 1.82. The van der Waals surface area contributed by atoms with E-state index in [1.54, 1.807) is 10.7 Å². The Kier molecular flexibility index (Phi) is 4.13. The zero-order valence-electron chi connectivity index (χ0n) is 14.9. The van der Waals surface area contributed by atoms with Gasteiger partial charge in [0.05, 0.1) is 12.2 Å². The van der Waals surface area contributed by atoms with Crippen molar-refractivity contribution in [3.8, 4) is 11.3 Å². The van der Waals surface area contributed by atoms with E-state index in [4.69, 9.17) is 0 Å². The fourth-order valence-corrected chi connectivity index (χ4v) is 3.29. The van der Waals surface area contributed by atoms with Crippen LogP contribution in [0.3, 0.4) is 0 Å². The van der Waals surface area contributed by atoms with Gasteiger partial charge in [0.1, 0.15) is 0 Å². The summed E-state index contributed by atoms with van der Waals surface area (Å²) >= 11 is 0. The normalized spacial score (nSPS) is 11.0. The molecule has 0 bridgehead atoms. The number of aromatic nitrogens is 2. The van der Waals surface area contributed by atoms with Gasteiger partial charge in [-0.3, -0.25) is 4.79 Å². The van der Waals surface area contributed by atoms with E-state index in [9.17, 15) is 4.79 Å². The fraction of sp³-hybridized carbons (Fsp3) is 0.130. The summed E-state index contributed by atoms with van der Waals surface area (Å²) in [7, 11) is 0. The second kappa shape index (κ2) is 6.60.